The van der Waals surface area contributed by atoms with Crippen molar-refractivity contribution in [2.45, 2.75) is 6.92 Å². The molecule has 7 heteroatoms. The molecule has 3 aromatic rings. The summed E-state index contributed by atoms with van der Waals surface area (Å²) in [4.78, 5) is 12.1. The van der Waals surface area contributed by atoms with Gasteiger partial charge in [0.05, 0.1) is 0 Å². The maximum atomic E-state index is 5.68. The maximum Gasteiger partial charge on any atom is 0.252 e. The fraction of sp³-hybridized carbons (Fsp3) is 0.200. The predicted octanol–water partition coefficient (Wildman–Crippen LogP) is 0.909. The topological polar surface area (TPSA) is 95.7 Å². The summed E-state index contributed by atoms with van der Waals surface area (Å²) in [7, 11) is 1.86. The minimum absolute atomic E-state index is 0.303. The zero-order chi connectivity index (χ0) is 12.0. The van der Waals surface area contributed by atoms with Crippen LogP contribution >= 0.6 is 0 Å². The Hall–Kier alpha value is -2.44. The highest BCUT2D eigenvalue weighted by Gasteiger charge is 2.14. The number of hydrogen-bond acceptors (Lipinski definition) is 6. The Balaban J connectivity index is 2.21. The Morgan fingerprint density at radius 1 is 1.35 bits per heavy atom. The molecule has 0 atom stereocenters. The van der Waals surface area contributed by atoms with Crippen molar-refractivity contribution in [2.75, 3.05) is 5.73 Å². The van der Waals surface area contributed by atoms with Gasteiger partial charge in [0, 0.05) is 12.7 Å². The highest BCUT2D eigenvalue weighted by molar-refractivity contribution is 5.81. The van der Waals surface area contributed by atoms with E-state index in [0.717, 1.165) is 5.69 Å². The third-order valence-corrected chi connectivity index (χ3v) is 2.56. The summed E-state index contributed by atoms with van der Waals surface area (Å²) in [6.07, 6.45) is 1.34. The van der Waals surface area contributed by atoms with E-state index in [2.05, 4.69) is 20.1 Å². The smallest absolute Gasteiger partial charge is 0.252 e. The lowest BCUT2D eigenvalue weighted by Gasteiger charge is -1.88. The average molecular weight is 230 g/mol. The monoisotopic (exact) mass is 230 g/mol. The molecule has 0 fully saturated rings. The van der Waals surface area contributed by atoms with Gasteiger partial charge in [-0.2, -0.15) is 10.1 Å². The number of nitrogens with two attached hydrogens (primary N) is 1. The lowest BCUT2D eigenvalue weighted by atomic mass is 10.4. The van der Waals surface area contributed by atoms with E-state index in [1.54, 1.807) is 4.68 Å². The van der Waals surface area contributed by atoms with E-state index in [4.69, 9.17) is 10.2 Å². The first kappa shape index (κ1) is 9.76. The lowest BCUT2D eigenvalue weighted by Crippen LogP contribution is -1.92. The number of fused-ring (bicyclic) bond motifs is 1. The van der Waals surface area contributed by atoms with Gasteiger partial charge >= 0.3 is 0 Å². The Bertz CT molecular complexity index is 678. The predicted molar refractivity (Wildman–Crippen MR) is 61.0 cm³/mol. The summed E-state index contributed by atoms with van der Waals surface area (Å²) < 4.78 is 7.23. The van der Waals surface area contributed by atoms with E-state index in [9.17, 15) is 0 Å². The molecular formula is C10H10N6O. The minimum atomic E-state index is 0.303. The van der Waals surface area contributed by atoms with Crippen molar-refractivity contribution in [2.24, 2.45) is 7.05 Å². The first-order chi connectivity index (χ1) is 8.15. The van der Waals surface area contributed by atoms with Gasteiger partial charge in [-0.3, -0.25) is 4.68 Å². The van der Waals surface area contributed by atoms with Crippen LogP contribution in [0.3, 0.4) is 0 Å². The first-order valence-corrected chi connectivity index (χ1v) is 5.03. The molecule has 0 bridgehead atoms. The molecular weight excluding hydrogens is 220 g/mol. The summed E-state index contributed by atoms with van der Waals surface area (Å²) >= 11 is 0. The molecule has 0 amide bonds. The zero-order valence-electron chi connectivity index (χ0n) is 9.38. The molecule has 0 spiro atoms. The average Bonchev–Trinajstić information content (AvgIpc) is 2.85. The zero-order valence-corrected chi connectivity index (χ0v) is 9.38. The summed E-state index contributed by atoms with van der Waals surface area (Å²) in [6, 6.07) is 1.88. The second-order valence-corrected chi connectivity index (χ2v) is 3.73. The van der Waals surface area contributed by atoms with Crippen LogP contribution in [-0.2, 0) is 7.05 Å². The molecule has 0 aliphatic rings. The summed E-state index contributed by atoms with van der Waals surface area (Å²) in [5.74, 6) is 0.702. The third kappa shape index (κ3) is 1.43. The van der Waals surface area contributed by atoms with Gasteiger partial charge in [0.15, 0.2) is 11.3 Å². The molecule has 3 rings (SSSR count). The molecule has 2 N–H and O–H groups in total. The van der Waals surface area contributed by atoms with E-state index < -0.39 is 0 Å². The van der Waals surface area contributed by atoms with Crippen molar-refractivity contribution in [1.82, 2.24) is 24.7 Å². The van der Waals surface area contributed by atoms with Crippen LogP contribution < -0.4 is 5.73 Å². The van der Waals surface area contributed by atoms with Crippen LogP contribution in [0.25, 0.3) is 22.8 Å². The molecule has 0 unspecified atom stereocenters. The highest BCUT2D eigenvalue weighted by Crippen LogP contribution is 2.24. The van der Waals surface area contributed by atoms with Crippen LogP contribution in [0.2, 0.25) is 0 Å². The molecule has 17 heavy (non-hydrogen) atoms. The SMILES string of the molecule is Cc1cc(-c2nc3c(N)ncnc3o2)nn1C. The number of oxazole rings is 1. The fourth-order valence-electron chi connectivity index (χ4n) is 1.55. The van der Waals surface area contributed by atoms with Crippen molar-refractivity contribution in [3.63, 3.8) is 0 Å². The number of aryl methyl sites for hydroxylation is 2. The molecule has 86 valence electrons. The number of anilines is 1. The number of nitrogen functional groups attached to an aromatic ring is 1. The summed E-state index contributed by atoms with van der Waals surface area (Å²) in [6.45, 7) is 1.95. The highest BCUT2D eigenvalue weighted by atomic mass is 16.4. The Kier molecular flexibility index (Phi) is 1.88. The number of aromatic nitrogens is 5. The molecule has 3 aromatic heterocycles. The second-order valence-electron chi connectivity index (χ2n) is 3.73. The van der Waals surface area contributed by atoms with Crippen molar-refractivity contribution in [3.8, 4) is 11.6 Å². The quantitative estimate of drug-likeness (QED) is 0.667. The van der Waals surface area contributed by atoms with Gasteiger partial charge in [0.25, 0.3) is 5.71 Å². The molecule has 0 saturated heterocycles. The van der Waals surface area contributed by atoms with E-state index >= 15 is 0 Å². The number of rotatable bonds is 1. The van der Waals surface area contributed by atoms with Crippen LogP contribution in [0.5, 0.6) is 0 Å². The van der Waals surface area contributed by atoms with Crippen LogP contribution in [0.1, 0.15) is 5.69 Å². The lowest BCUT2D eigenvalue weighted by molar-refractivity contribution is 0.601. The first-order valence-electron chi connectivity index (χ1n) is 5.03. The Morgan fingerprint density at radius 3 is 2.82 bits per heavy atom. The van der Waals surface area contributed by atoms with Crippen molar-refractivity contribution >= 4 is 17.0 Å². The van der Waals surface area contributed by atoms with Crippen LogP contribution in [0.15, 0.2) is 16.8 Å². The third-order valence-electron chi connectivity index (χ3n) is 2.56. The Labute approximate surface area is 96.3 Å². The van der Waals surface area contributed by atoms with E-state index in [0.29, 0.717) is 28.6 Å². The van der Waals surface area contributed by atoms with E-state index in [1.165, 1.54) is 6.33 Å². The van der Waals surface area contributed by atoms with Gasteiger partial charge in [-0.05, 0) is 13.0 Å². The molecule has 3 heterocycles. The van der Waals surface area contributed by atoms with Crippen molar-refractivity contribution in [1.29, 1.82) is 0 Å². The maximum absolute atomic E-state index is 5.68. The number of nitrogens with zero attached hydrogens (tertiary/aromatic N) is 5. The van der Waals surface area contributed by atoms with Gasteiger partial charge < -0.3 is 10.2 Å². The summed E-state index contributed by atoms with van der Waals surface area (Å²) in [5.41, 5.74) is 8.19. The molecule has 7 nitrogen and oxygen atoms in total. The van der Waals surface area contributed by atoms with E-state index in [-0.39, 0.29) is 0 Å². The largest absolute Gasteiger partial charge is 0.416 e. The van der Waals surface area contributed by atoms with Crippen molar-refractivity contribution in [3.05, 3.63) is 18.1 Å². The minimum Gasteiger partial charge on any atom is -0.416 e. The van der Waals surface area contributed by atoms with E-state index in [1.807, 2.05) is 20.0 Å². The molecule has 0 aliphatic heterocycles. The standard InChI is InChI=1S/C10H10N6O/c1-5-3-6(15-16(5)2)9-14-7-8(11)12-4-13-10(7)17-9/h3-4H,1-2H3,(H2,11,12,13). The fourth-order valence-corrected chi connectivity index (χ4v) is 1.55. The van der Waals surface area contributed by atoms with Gasteiger partial charge in [-0.1, -0.05) is 0 Å². The van der Waals surface area contributed by atoms with Gasteiger partial charge in [0.2, 0.25) is 5.89 Å². The van der Waals surface area contributed by atoms with Crippen LogP contribution in [-0.4, -0.2) is 24.7 Å². The number of hydrogen-bond donors (Lipinski definition) is 1. The second kappa shape index (κ2) is 3.27. The van der Waals surface area contributed by atoms with Gasteiger partial charge in [-0.15, -0.1) is 0 Å². The van der Waals surface area contributed by atoms with Crippen LogP contribution in [0, 0.1) is 6.92 Å². The normalized spacial score (nSPS) is 11.2. The Morgan fingerprint density at radius 2 is 2.18 bits per heavy atom. The van der Waals surface area contributed by atoms with Crippen LogP contribution in [0.4, 0.5) is 5.82 Å². The van der Waals surface area contributed by atoms with Gasteiger partial charge in [0.1, 0.15) is 12.0 Å². The molecule has 0 saturated carbocycles. The molecule has 0 aromatic carbocycles. The summed E-state index contributed by atoms with van der Waals surface area (Å²) in [5, 5.41) is 4.28. The van der Waals surface area contributed by atoms with Crippen molar-refractivity contribution < 1.29 is 4.42 Å². The molecule has 0 aliphatic carbocycles. The molecule has 0 radical (unpaired) electrons. The van der Waals surface area contributed by atoms with Gasteiger partial charge in [-0.25, -0.2) is 9.97 Å².